The summed E-state index contributed by atoms with van der Waals surface area (Å²) in [6.45, 7) is 4.70. The van der Waals surface area contributed by atoms with Crippen molar-refractivity contribution in [2.75, 3.05) is 0 Å². The van der Waals surface area contributed by atoms with E-state index in [2.05, 4.69) is 77.6 Å². The second kappa shape index (κ2) is 7.84. The molecule has 1 unspecified atom stereocenters. The molecule has 2 aromatic carbocycles. The Morgan fingerprint density at radius 2 is 1.77 bits per heavy atom. The largest absolute Gasteiger partial charge is 0.322 e. The predicted molar refractivity (Wildman–Crippen MR) is 121 cm³/mol. The molecule has 4 aromatic rings. The molecule has 5 heteroatoms. The Morgan fingerprint density at radius 1 is 1.00 bits per heavy atom. The van der Waals surface area contributed by atoms with Crippen molar-refractivity contribution in [2.45, 2.75) is 32.9 Å². The first-order valence-electron chi connectivity index (χ1n) is 10.6. The van der Waals surface area contributed by atoms with Gasteiger partial charge in [0, 0.05) is 30.1 Å². The molecule has 2 aromatic heterocycles. The van der Waals surface area contributed by atoms with Gasteiger partial charge in [-0.05, 0) is 36.1 Å². The fourth-order valence-electron chi connectivity index (χ4n) is 4.26. The second-order valence-electron chi connectivity index (χ2n) is 8.02. The summed E-state index contributed by atoms with van der Waals surface area (Å²) >= 11 is 0. The third kappa shape index (κ3) is 3.42. The minimum absolute atomic E-state index is 0.0331. The van der Waals surface area contributed by atoms with Crippen LogP contribution in [0.2, 0.25) is 0 Å². The summed E-state index contributed by atoms with van der Waals surface area (Å²) in [5, 5.41) is 7.58. The molecule has 0 saturated heterocycles. The first kappa shape index (κ1) is 19.2. The van der Waals surface area contributed by atoms with E-state index in [0.717, 1.165) is 34.4 Å². The van der Waals surface area contributed by atoms with Crippen LogP contribution in [0.25, 0.3) is 11.3 Å². The van der Waals surface area contributed by atoms with Gasteiger partial charge in [-0.3, -0.25) is 14.9 Å². The molecule has 1 atom stereocenters. The Hall–Kier alpha value is -3.73. The van der Waals surface area contributed by atoms with Crippen molar-refractivity contribution in [3.63, 3.8) is 0 Å². The number of benzene rings is 2. The van der Waals surface area contributed by atoms with Gasteiger partial charge in [-0.1, -0.05) is 67.1 Å². The highest BCUT2D eigenvalue weighted by molar-refractivity contribution is 6.00. The number of hydrogen-bond acceptors (Lipinski definition) is 3. The van der Waals surface area contributed by atoms with Crippen LogP contribution >= 0.6 is 0 Å². The molecule has 1 amide bonds. The lowest BCUT2D eigenvalue weighted by molar-refractivity contribution is 0.0730. The lowest BCUT2D eigenvalue weighted by Crippen LogP contribution is -2.29. The summed E-state index contributed by atoms with van der Waals surface area (Å²) in [6.07, 6.45) is 4.55. The second-order valence-corrected chi connectivity index (χ2v) is 8.02. The number of amides is 1. The number of aryl methyl sites for hydroxylation is 2. The van der Waals surface area contributed by atoms with Crippen molar-refractivity contribution in [1.82, 2.24) is 20.1 Å². The van der Waals surface area contributed by atoms with Gasteiger partial charge in [0.25, 0.3) is 5.91 Å². The summed E-state index contributed by atoms with van der Waals surface area (Å²) in [5.74, 6) is -0.0331. The predicted octanol–water partition coefficient (Wildman–Crippen LogP) is 5.09. The van der Waals surface area contributed by atoms with Crippen molar-refractivity contribution in [3.8, 4) is 11.3 Å². The molecule has 1 aliphatic heterocycles. The minimum atomic E-state index is -0.205. The van der Waals surface area contributed by atoms with Crippen LogP contribution in [0, 0.1) is 6.92 Å². The number of nitrogens with zero attached hydrogens (tertiary/aromatic N) is 3. The quantitative estimate of drug-likeness (QED) is 0.500. The van der Waals surface area contributed by atoms with E-state index >= 15 is 0 Å². The Balaban J connectivity index is 1.63. The molecule has 0 aliphatic carbocycles. The lowest BCUT2D eigenvalue weighted by Gasteiger charge is -2.26. The molecule has 1 aliphatic rings. The summed E-state index contributed by atoms with van der Waals surface area (Å²) in [7, 11) is 0. The normalized spacial score (nSPS) is 15.4. The molecule has 0 fully saturated rings. The maximum absolute atomic E-state index is 13.4. The number of H-pyrrole nitrogens is 1. The van der Waals surface area contributed by atoms with Crippen molar-refractivity contribution >= 4 is 5.91 Å². The highest BCUT2D eigenvalue weighted by Gasteiger charge is 2.42. The molecule has 0 radical (unpaired) electrons. The number of carbonyl (C=O) groups is 1. The zero-order valence-electron chi connectivity index (χ0n) is 17.7. The van der Waals surface area contributed by atoms with Gasteiger partial charge in [-0.15, -0.1) is 0 Å². The molecule has 31 heavy (non-hydrogen) atoms. The van der Waals surface area contributed by atoms with Crippen LogP contribution in [0.4, 0.5) is 0 Å². The highest BCUT2D eigenvalue weighted by atomic mass is 16.2. The molecular formula is C26H24N4O. The first-order valence-corrected chi connectivity index (χ1v) is 10.6. The van der Waals surface area contributed by atoms with E-state index in [-0.39, 0.29) is 11.9 Å². The monoisotopic (exact) mass is 408 g/mol. The average molecular weight is 409 g/mol. The number of fused-ring (bicyclic) bond motifs is 1. The topological polar surface area (TPSA) is 61.9 Å². The third-order valence-electron chi connectivity index (χ3n) is 5.97. The Labute approximate surface area is 181 Å². The van der Waals surface area contributed by atoms with Crippen LogP contribution in [-0.2, 0) is 13.0 Å². The molecule has 1 N–H and O–H groups in total. The minimum Gasteiger partial charge on any atom is -0.322 e. The van der Waals surface area contributed by atoms with E-state index in [1.54, 1.807) is 6.20 Å². The van der Waals surface area contributed by atoms with Gasteiger partial charge in [0.1, 0.15) is 5.69 Å². The van der Waals surface area contributed by atoms with Crippen LogP contribution < -0.4 is 0 Å². The van der Waals surface area contributed by atoms with Crippen molar-refractivity contribution in [3.05, 3.63) is 107 Å². The summed E-state index contributed by atoms with van der Waals surface area (Å²) in [6, 6.07) is 20.5. The van der Waals surface area contributed by atoms with E-state index in [1.165, 1.54) is 11.1 Å². The fraction of sp³-hybridized carbons (Fsp3) is 0.192. The molecule has 0 bridgehead atoms. The van der Waals surface area contributed by atoms with Crippen molar-refractivity contribution in [2.24, 2.45) is 0 Å². The highest BCUT2D eigenvalue weighted by Crippen LogP contribution is 2.43. The van der Waals surface area contributed by atoms with E-state index in [4.69, 9.17) is 0 Å². The smallest absolute Gasteiger partial charge is 0.273 e. The van der Waals surface area contributed by atoms with Crippen molar-refractivity contribution < 1.29 is 4.79 Å². The summed E-state index contributed by atoms with van der Waals surface area (Å²) in [4.78, 5) is 19.6. The van der Waals surface area contributed by atoms with Crippen LogP contribution in [0.15, 0.2) is 73.1 Å². The number of aromatic nitrogens is 3. The maximum atomic E-state index is 13.4. The standard InChI is InChI=1S/C26H24N4O/c1-3-18-8-12-21(13-9-18)25-22-23(20-10-6-17(2)7-11-20)28-29-24(22)26(31)30(25)16-19-5-4-14-27-15-19/h4-15,25H,3,16H2,1-2H3,(H,28,29). The van der Waals surface area contributed by atoms with Gasteiger partial charge in [-0.2, -0.15) is 5.10 Å². The first-order chi connectivity index (χ1) is 15.2. The molecule has 0 saturated carbocycles. The number of rotatable bonds is 5. The van der Waals surface area contributed by atoms with E-state index in [0.29, 0.717) is 12.2 Å². The molecule has 5 nitrogen and oxygen atoms in total. The van der Waals surface area contributed by atoms with Gasteiger partial charge >= 0.3 is 0 Å². The van der Waals surface area contributed by atoms with Crippen LogP contribution in [-0.4, -0.2) is 26.0 Å². The van der Waals surface area contributed by atoms with E-state index in [1.807, 2.05) is 23.2 Å². The zero-order chi connectivity index (χ0) is 21.4. The molecular weight excluding hydrogens is 384 g/mol. The van der Waals surface area contributed by atoms with E-state index in [9.17, 15) is 4.79 Å². The number of nitrogens with one attached hydrogen (secondary N) is 1. The molecule has 154 valence electrons. The fourth-order valence-corrected chi connectivity index (χ4v) is 4.26. The van der Waals surface area contributed by atoms with Gasteiger partial charge in [0.05, 0.1) is 11.7 Å². The Bertz CT molecular complexity index is 1210. The summed E-state index contributed by atoms with van der Waals surface area (Å²) in [5.41, 5.74) is 7.92. The number of carbonyl (C=O) groups excluding carboxylic acids is 1. The zero-order valence-corrected chi connectivity index (χ0v) is 17.7. The SMILES string of the molecule is CCc1ccc(C2c3c(-c4ccc(C)cc4)n[nH]c3C(=O)N2Cc2cccnc2)cc1. The van der Waals surface area contributed by atoms with Crippen LogP contribution in [0.5, 0.6) is 0 Å². The van der Waals surface area contributed by atoms with Crippen molar-refractivity contribution in [1.29, 1.82) is 0 Å². The Morgan fingerprint density at radius 3 is 2.45 bits per heavy atom. The number of hydrogen-bond donors (Lipinski definition) is 1. The Kier molecular flexibility index (Phi) is 4.86. The molecule has 5 rings (SSSR count). The van der Waals surface area contributed by atoms with Crippen LogP contribution in [0.1, 0.15) is 51.3 Å². The van der Waals surface area contributed by atoms with Gasteiger partial charge in [0.2, 0.25) is 0 Å². The maximum Gasteiger partial charge on any atom is 0.273 e. The third-order valence-corrected chi connectivity index (χ3v) is 5.97. The number of pyridine rings is 1. The van der Waals surface area contributed by atoms with Crippen LogP contribution in [0.3, 0.4) is 0 Å². The summed E-state index contributed by atoms with van der Waals surface area (Å²) < 4.78 is 0. The molecule has 0 spiro atoms. The van der Waals surface area contributed by atoms with Gasteiger partial charge in [0.15, 0.2) is 0 Å². The van der Waals surface area contributed by atoms with Gasteiger partial charge < -0.3 is 4.90 Å². The molecule has 3 heterocycles. The average Bonchev–Trinajstić information content (AvgIpc) is 3.35. The van der Waals surface area contributed by atoms with Gasteiger partial charge in [-0.25, -0.2) is 0 Å². The van der Waals surface area contributed by atoms with E-state index < -0.39 is 0 Å². The number of aromatic amines is 1. The lowest BCUT2D eigenvalue weighted by atomic mass is 9.94.